The normalized spacial score (nSPS) is 24.1. The van der Waals surface area contributed by atoms with E-state index >= 15 is 0 Å². The van der Waals surface area contributed by atoms with Crippen LogP contribution in [-0.4, -0.2) is 30.2 Å². The Bertz CT molecular complexity index is 522. The van der Waals surface area contributed by atoms with Gasteiger partial charge in [-0.05, 0) is 41.1 Å². The molecule has 0 radical (unpaired) electrons. The number of rotatable bonds is 4. The van der Waals surface area contributed by atoms with Gasteiger partial charge in [0.1, 0.15) is 12.1 Å². The van der Waals surface area contributed by atoms with Crippen molar-refractivity contribution in [3.63, 3.8) is 0 Å². The van der Waals surface area contributed by atoms with Crippen molar-refractivity contribution < 1.29 is 8.42 Å². The maximum absolute atomic E-state index is 11.0. The minimum atomic E-state index is -3.37. The molecule has 8 heteroatoms. The molecule has 1 heterocycles. The first-order valence-corrected chi connectivity index (χ1v) is 8.17. The van der Waals surface area contributed by atoms with Crippen molar-refractivity contribution in [3.05, 3.63) is 17.0 Å². The molecule has 0 unspecified atom stereocenters. The lowest BCUT2D eigenvalue weighted by Gasteiger charge is -2.14. The monoisotopic (exact) mass is 334 g/mol. The minimum Gasteiger partial charge on any atom is -0.366 e. The average molecular weight is 335 g/mol. The van der Waals surface area contributed by atoms with E-state index in [9.17, 15) is 8.42 Å². The van der Waals surface area contributed by atoms with Gasteiger partial charge in [-0.15, -0.1) is 0 Å². The van der Waals surface area contributed by atoms with Crippen molar-refractivity contribution in [2.75, 3.05) is 11.1 Å². The molecule has 0 aliphatic heterocycles. The number of nitrogens with zero attached hydrogens (tertiary/aromatic N) is 2. The van der Waals surface area contributed by atoms with Crippen molar-refractivity contribution in [2.45, 2.75) is 25.3 Å². The van der Waals surface area contributed by atoms with Crippen LogP contribution in [0.25, 0.3) is 0 Å². The second-order valence-electron chi connectivity index (χ2n) is 4.57. The van der Waals surface area contributed by atoms with Gasteiger partial charge < -0.3 is 5.32 Å². The van der Waals surface area contributed by atoms with Gasteiger partial charge in [0.05, 0.1) is 10.2 Å². The molecule has 1 aromatic heterocycles. The Morgan fingerprint density at radius 1 is 1.50 bits per heavy atom. The molecule has 100 valence electrons. The Morgan fingerprint density at radius 2 is 2.28 bits per heavy atom. The lowest BCUT2D eigenvalue weighted by atomic mass is 10.1. The fourth-order valence-electron chi connectivity index (χ4n) is 2.30. The second-order valence-corrected chi connectivity index (χ2v) is 7.08. The summed E-state index contributed by atoms with van der Waals surface area (Å²) in [6, 6.07) is 0.239. The average Bonchev–Trinajstić information content (AvgIpc) is 2.66. The molecule has 0 aromatic carbocycles. The summed E-state index contributed by atoms with van der Waals surface area (Å²) < 4.78 is 22.9. The van der Waals surface area contributed by atoms with Gasteiger partial charge in [-0.2, -0.15) is 0 Å². The maximum Gasteiger partial charge on any atom is 0.209 e. The molecule has 1 aliphatic carbocycles. The molecular weight excluding hydrogens is 320 g/mol. The van der Waals surface area contributed by atoms with Gasteiger partial charge in [0, 0.05) is 12.2 Å². The standard InChI is InChI=1S/C10H15BrN4O2S/c11-9-4-13-6-14-10(9)15-8-2-1-7(3-8)5-18(12,16)17/h4,6-8H,1-3,5H2,(H2,12,16,17)(H,13,14,15)/t7-,8+/m1/s1. The second kappa shape index (κ2) is 5.50. The van der Waals surface area contributed by atoms with Gasteiger partial charge in [0.15, 0.2) is 0 Å². The molecule has 1 saturated carbocycles. The van der Waals surface area contributed by atoms with Crippen LogP contribution in [0.15, 0.2) is 17.0 Å². The number of nitrogens with one attached hydrogen (secondary N) is 1. The van der Waals surface area contributed by atoms with Crippen LogP contribution in [0.1, 0.15) is 19.3 Å². The summed E-state index contributed by atoms with van der Waals surface area (Å²) in [5, 5.41) is 8.35. The smallest absolute Gasteiger partial charge is 0.209 e. The summed E-state index contributed by atoms with van der Waals surface area (Å²) in [4.78, 5) is 8.02. The molecule has 0 spiro atoms. The Labute approximate surface area is 115 Å². The summed E-state index contributed by atoms with van der Waals surface area (Å²) >= 11 is 3.36. The Kier molecular flexibility index (Phi) is 4.18. The predicted molar refractivity (Wildman–Crippen MR) is 72.5 cm³/mol. The molecule has 0 bridgehead atoms. The zero-order chi connectivity index (χ0) is 13.2. The minimum absolute atomic E-state index is 0.0656. The molecule has 6 nitrogen and oxygen atoms in total. The van der Waals surface area contributed by atoms with Crippen molar-refractivity contribution in [1.29, 1.82) is 0 Å². The zero-order valence-corrected chi connectivity index (χ0v) is 12.1. The fourth-order valence-corrected chi connectivity index (χ4v) is 3.59. The van der Waals surface area contributed by atoms with Crippen LogP contribution < -0.4 is 10.5 Å². The third-order valence-corrected chi connectivity index (χ3v) is 4.53. The molecular formula is C10H15BrN4O2S. The summed E-state index contributed by atoms with van der Waals surface area (Å²) in [5.74, 6) is 0.945. The van der Waals surface area contributed by atoms with Crippen LogP contribution in [-0.2, 0) is 10.0 Å². The third-order valence-electron chi connectivity index (χ3n) is 3.02. The van der Waals surface area contributed by atoms with E-state index < -0.39 is 10.0 Å². The highest BCUT2D eigenvalue weighted by atomic mass is 79.9. The van der Waals surface area contributed by atoms with E-state index in [-0.39, 0.29) is 17.7 Å². The van der Waals surface area contributed by atoms with Gasteiger partial charge in [-0.1, -0.05) is 0 Å². The quantitative estimate of drug-likeness (QED) is 0.859. The van der Waals surface area contributed by atoms with Gasteiger partial charge in [0.2, 0.25) is 10.0 Å². The van der Waals surface area contributed by atoms with E-state index in [4.69, 9.17) is 5.14 Å². The summed E-state index contributed by atoms with van der Waals surface area (Å²) in [6.07, 6.45) is 5.75. The number of hydrogen-bond donors (Lipinski definition) is 2. The lowest BCUT2D eigenvalue weighted by molar-refractivity contribution is 0.557. The van der Waals surface area contributed by atoms with Crippen LogP contribution in [0.4, 0.5) is 5.82 Å². The van der Waals surface area contributed by atoms with Crippen molar-refractivity contribution in [1.82, 2.24) is 9.97 Å². The summed E-state index contributed by atoms with van der Waals surface area (Å²) in [7, 11) is -3.37. The largest absolute Gasteiger partial charge is 0.366 e. The lowest BCUT2D eigenvalue weighted by Crippen LogP contribution is -2.23. The van der Waals surface area contributed by atoms with Crippen molar-refractivity contribution >= 4 is 31.8 Å². The van der Waals surface area contributed by atoms with Gasteiger partial charge in [-0.25, -0.2) is 23.5 Å². The molecule has 0 saturated heterocycles. The van der Waals surface area contributed by atoms with Crippen LogP contribution in [0.5, 0.6) is 0 Å². The van der Waals surface area contributed by atoms with E-state index in [1.54, 1.807) is 6.20 Å². The number of primary sulfonamides is 1. The summed E-state index contributed by atoms with van der Waals surface area (Å²) in [5.41, 5.74) is 0. The third kappa shape index (κ3) is 3.89. The number of hydrogen-bond acceptors (Lipinski definition) is 5. The number of sulfonamides is 1. The van der Waals surface area contributed by atoms with Gasteiger partial charge >= 0.3 is 0 Å². The van der Waals surface area contributed by atoms with Crippen LogP contribution in [0.2, 0.25) is 0 Å². The predicted octanol–water partition coefficient (Wildman–Crippen LogP) is 1.11. The van der Waals surface area contributed by atoms with Crippen molar-refractivity contribution in [2.24, 2.45) is 11.1 Å². The molecule has 18 heavy (non-hydrogen) atoms. The highest BCUT2D eigenvalue weighted by Gasteiger charge is 2.27. The van der Waals surface area contributed by atoms with E-state index in [2.05, 4.69) is 31.2 Å². The molecule has 2 atom stereocenters. The highest BCUT2D eigenvalue weighted by Crippen LogP contribution is 2.29. The molecule has 1 aliphatic rings. The molecule has 1 fully saturated rings. The first-order valence-electron chi connectivity index (χ1n) is 5.66. The Hall–Kier alpha value is -0.730. The maximum atomic E-state index is 11.0. The Morgan fingerprint density at radius 3 is 2.94 bits per heavy atom. The first-order chi connectivity index (χ1) is 8.44. The van der Waals surface area contributed by atoms with Gasteiger partial charge in [-0.3, -0.25) is 0 Å². The first kappa shape index (κ1) is 13.7. The van der Waals surface area contributed by atoms with E-state index in [0.29, 0.717) is 0 Å². The highest BCUT2D eigenvalue weighted by molar-refractivity contribution is 9.10. The molecule has 2 rings (SSSR count). The van der Waals surface area contributed by atoms with E-state index in [1.807, 2.05) is 0 Å². The molecule has 3 N–H and O–H groups in total. The topological polar surface area (TPSA) is 98.0 Å². The van der Waals surface area contributed by atoms with Crippen molar-refractivity contribution in [3.8, 4) is 0 Å². The van der Waals surface area contributed by atoms with E-state index in [0.717, 1.165) is 29.6 Å². The number of aromatic nitrogens is 2. The van der Waals surface area contributed by atoms with Crippen LogP contribution >= 0.6 is 15.9 Å². The summed E-state index contributed by atoms with van der Waals surface area (Å²) in [6.45, 7) is 0. The zero-order valence-electron chi connectivity index (χ0n) is 9.71. The number of halogens is 1. The SMILES string of the molecule is NS(=O)(=O)C[C@@H]1CC[C@H](Nc2ncncc2Br)C1. The molecule has 1 aromatic rings. The number of nitrogens with two attached hydrogens (primary N) is 1. The number of anilines is 1. The fraction of sp³-hybridized carbons (Fsp3) is 0.600. The Balaban J connectivity index is 1.92. The molecule has 0 amide bonds. The van der Waals surface area contributed by atoms with Crippen LogP contribution in [0.3, 0.4) is 0 Å². The van der Waals surface area contributed by atoms with Crippen LogP contribution in [0, 0.1) is 5.92 Å². The van der Waals surface area contributed by atoms with E-state index in [1.165, 1.54) is 6.33 Å². The van der Waals surface area contributed by atoms with Gasteiger partial charge in [0.25, 0.3) is 0 Å².